The molecule has 2 unspecified atom stereocenters. The first-order valence-corrected chi connectivity index (χ1v) is 9.54. The van der Waals surface area contributed by atoms with E-state index in [9.17, 15) is 13.6 Å². The molecule has 0 aliphatic carbocycles. The van der Waals surface area contributed by atoms with Crippen LogP contribution in [-0.4, -0.2) is 19.0 Å². The molecular weight excluding hydrogens is 360 g/mol. The van der Waals surface area contributed by atoms with Crippen molar-refractivity contribution in [1.29, 1.82) is 0 Å². The van der Waals surface area contributed by atoms with Gasteiger partial charge >= 0.3 is 0 Å². The zero-order valence-electron chi connectivity index (χ0n) is 15.9. The standard InChI is InChI=1S/C22H23F2N3O/c1-13-8-14(2)12-27(11-13)20-7-6-15(9-18(20)24)25-10-16-21-17(23)4-3-5-19(21)26-22(16)28/h3-7,9-10,13-14,25H,8,11-12H2,1-2H3,(H,26,28)/b16-10+. The lowest BCUT2D eigenvalue weighted by atomic mass is 9.91. The van der Waals surface area contributed by atoms with E-state index in [4.69, 9.17) is 0 Å². The summed E-state index contributed by atoms with van der Waals surface area (Å²) in [6.07, 6.45) is 2.58. The van der Waals surface area contributed by atoms with Crippen LogP contribution in [-0.2, 0) is 4.79 Å². The average Bonchev–Trinajstić information content (AvgIpc) is 2.95. The van der Waals surface area contributed by atoms with Gasteiger partial charge in [-0.05, 0) is 48.6 Å². The number of hydrogen-bond donors (Lipinski definition) is 2. The molecule has 1 fully saturated rings. The number of halogens is 2. The van der Waals surface area contributed by atoms with Gasteiger partial charge in [0.15, 0.2) is 0 Å². The zero-order valence-corrected chi connectivity index (χ0v) is 15.9. The Labute approximate surface area is 163 Å². The van der Waals surface area contributed by atoms with E-state index in [0.717, 1.165) is 19.5 Å². The minimum absolute atomic E-state index is 0.191. The maximum atomic E-state index is 14.7. The van der Waals surface area contributed by atoms with Crippen molar-refractivity contribution < 1.29 is 13.6 Å². The molecule has 2 atom stereocenters. The monoisotopic (exact) mass is 383 g/mol. The third-order valence-electron chi connectivity index (χ3n) is 5.32. The molecule has 0 radical (unpaired) electrons. The molecule has 0 saturated carbocycles. The van der Waals surface area contributed by atoms with Crippen LogP contribution >= 0.6 is 0 Å². The summed E-state index contributed by atoms with van der Waals surface area (Å²) in [6.45, 7) is 6.06. The number of nitrogens with one attached hydrogen (secondary N) is 2. The molecule has 1 saturated heterocycles. The van der Waals surface area contributed by atoms with E-state index < -0.39 is 5.82 Å². The first kappa shape index (κ1) is 18.5. The first-order chi connectivity index (χ1) is 13.4. The summed E-state index contributed by atoms with van der Waals surface area (Å²) >= 11 is 0. The second-order valence-corrected chi connectivity index (χ2v) is 7.84. The fourth-order valence-electron chi connectivity index (χ4n) is 4.21. The predicted octanol–water partition coefficient (Wildman–Crippen LogP) is 4.85. The Hall–Kier alpha value is -2.89. The lowest BCUT2D eigenvalue weighted by molar-refractivity contribution is -0.110. The molecule has 6 heteroatoms. The largest absolute Gasteiger partial charge is 0.369 e. The lowest BCUT2D eigenvalue weighted by Crippen LogP contribution is -2.39. The number of carbonyl (C=O) groups excluding carboxylic acids is 1. The Bertz CT molecular complexity index is 947. The van der Waals surface area contributed by atoms with E-state index in [-0.39, 0.29) is 22.9 Å². The molecule has 0 aromatic heterocycles. The Balaban J connectivity index is 1.55. The van der Waals surface area contributed by atoms with Crippen molar-refractivity contribution in [1.82, 2.24) is 0 Å². The van der Waals surface area contributed by atoms with Gasteiger partial charge in [0.05, 0.1) is 16.9 Å². The second kappa shape index (κ2) is 7.26. The Morgan fingerprint density at radius 3 is 2.57 bits per heavy atom. The summed E-state index contributed by atoms with van der Waals surface area (Å²) in [7, 11) is 0. The number of piperidine rings is 1. The molecule has 1 amide bonds. The minimum Gasteiger partial charge on any atom is -0.369 e. The van der Waals surface area contributed by atoms with E-state index in [1.165, 1.54) is 18.3 Å². The molecular formula is C22H23F2N3O. The summed E-state index contributed by atoms with van der Waals surface area (Å²) in [5.74, 6) is -0.116. The summed E-state index contributed by atoms with van der Waals surface area (Å²) in [6, 6.07) is 9.43. The molecule has 4 rings (SSSR count). The van der Waals surface area contributed by atoms with Gasteiger partial charge < -0.3 is 15.5 Å². The normalized spacial score (nSPS) is 22.9. The third kappa shape index (κ3) is 3.46. The van der Waals surface area contributed by atoms with Crippen molar-refractivity contribution >= 4 is 28.5 Å². The van der Waals surface area contributed by atoms with Crippen LogP contribution in [0.2, 0.25) is 0 Å². The van der Waals surface area contributed by atoms with Crippen LogP contribution in [0.1, 0.15) is 25.8 Å². The SMILES string of the molecule is CC1CC(C)CN(c2ccc(N/C=C3/C(=O)Nc4cccc(F)c43)cc2F)C1. The number of carbonyl (C=O) groups is 1. The topological polar surface area (TPSA) is 44.4 Å². The van der Waals surface area contributed by atoms with Gasteiger partial charge in [-0.1, -0.05) is 19.9 Å². The van der Waals surface area contributed by atoms with Crippen LogP contribution in [0.4, 0.5) is 25.8 Å². The van der Waals surface area contributed by atoms with E-state index in [2.05, 4.69) is 29.4 Å². The Kier molecular flexibility index (Phi) is 4.79. The highest BCUT2D eigenvalue weighted by molar-refractivity contribution is 6.31. The fourth-order valence-corrected chi connectivity index (χ4v) is 4.21. The highest BCUT2D eigenvalue weighted by Gasteiger charge is 2.27. The average molecular weight is 383 g/mol. The van der Waals surface area contributed by atoms with Crippen LogP contribution in [0.15, 0.2) is 42.6 Å². The van der Waals surface area contributed by atoms with Crippen LogP contribution in [0.25, 0.3) is 5.57 Å². The predicted molar refractivity (Wildman–Crippen MR) is 108 cm³/mol. The molecule has 2 aromatic carbocycles. The van der Waals surface area contributed by atoms with Crippen LogP contribution in [0.3, 0.4) is 0 Å². The lowest BCUT2D eigenvalue weighted by Gasteiger charge is -2.36. The van der Waals surface area contributed by atoms with Crippen LogP contribution in [0, 0.1) is 23.5 Å². The summed E-state index contributed by atoms with van der Waals surface area (Å²) in [4.78, 5) is 14.2. The van der Waals surface area contributed by atoms with Gasteiger partial charge in [0, 0.05) is 30.5 Å². The number of benzene rings is 2. The minimum atomic E-state index is -0.473. The maximum absolute atomic E-state index is 14.7. The molecule has 28 heavy (non-hydrogen) atoms. The van der Waals surface area contributed by atoms with Crippen molar-refractivity contribution in [3.8, 4) is 0 Å². The van der Waals surface area contributed by atoms with Crippen molar-refractivity contribution in [2.24, 2.45) is 11.8 Å². The number of rotatable bonds is 3. The number of nitrogens with zero attached hydrogens (tertiary/aromatic N) is 1. The summed E-state index contributed by atoms with van der Waals surface area (Å²) in [5.41, 5.74) is 1.95. The van der Waals surface area contributed by atoms with Gasteiger partial charge in [0.1, 0.15) is 11.6 Å². The van der Waals surface area contributed by atoms with Gasteiger partial charge in [0.25, 0.3) is 5.91 Å². The van der Waals surface area contributed by atoms with Gasteiger partial charge in [-0.15, -0.1) is 0 Å². The van der Waals surface area contributed by atoms with Gasteiger partial charge in [-0.2, -0.15) is 0 Å². The van der Waals surface area contributed by atoms with Gasteiger partial charge in [0.2, 0.25) is 0 Å². The van der Waals surface area contributed by atoms with E-state index in [1.807, 2.05) is 0 Å². The fraction of sp³-hybridized carbons (Fsp3) is 0.318. The molecule has 2 heterocycles. The smallest absolute Gasteiger partial charge is 0.257 e. The molecule has 0 spiro atoms. The van der Waals surface area contributed by atoms with Crippen LogP contribution < -0.4 is 15.5 Å². The number of fused-ring (bicyclic) bond motifs is 1. The molecule has 4 nitrogen and oxygen atoms in total. The zero-order chi connectivity index (χ0) is 19.8. The number of anilines is 3. The molecule has 2 aliphatic rings. The third-order valence-corrected chi connectivity index (χ3v) is 5.32. The number of hydrogen-bond acceptors (Lipinski definition) is 3. The maximum Gasteiger partial charge on any atom is 0.257 e. The van der Waals surface area contributed by atoms with E-state index >= 15 is 0 Å². The van der Waals surface area contributed by atoms with Crippen molar-refractivity contribution in [3.63, 3.8) is 0 Å². The van der Waals surface area contributed by atoms with Crippen LogP contribution in [0.5, 0.6) is 0 Å². The van der Waals surface area contributed by atoms with Gasteiger partial charge in [-0.25, -0.2) is 8.78 Å². The molecule has 2 N–H and O–H groups in total. The second-order valence-electron chi connectivity index (χ2n) is 7.84. The highest BCUT2D eigenvalue weighted by atomic mass is 19.1. The Morgan fingerprint density at radius 1 is 1.11 bits per heavy atom. The summed E-state index contributed by atoms with van der Waals surface area (Å²) < 4.78 is 28.8. The van der Waals surface area contributed by atoms with E-state index in [1.54, 1.807) is 24.3 Å². The highest BCUT2D eigenvalue weighted by Crippen LogP contribution is 2.34. The molecule has 0 bridgehead atoms. The quantitative estimate of drug-likeness (QED) is 0.745. The van der Waals surface area contributed by atoms with Crippen molar-refractivity contribution in [2.75, 3.05) is 28.6 Å². The van der Waals surface area contributed by atoms with Crippen molar-refractivity contribution in [3.05, 3.63) is 59.8 Å². The molecule has 2 aliphatic heterocycles. The van der Waals surface area contributed by atoms with E-state index in [0.29, 0.717) is 28.9 Å². The molecule has 146 valence electrons. The molecule has 2 aromatic rings. The number of amides is 1. The van der Waals surface area contributed by atoms with Crippen molar-refractivity contribution in [2.45, 2.75) is 20.3 Å². The summed E-state index contributed by atoms with van der Waals surface area (Å²) in [5, 5.41) is 5.55. The first-order valence-electron chi connectivity index (χ1n) is 9.54. The van der Waals surface area contributed by atoms with Gasteiger partial charge in [-0.3, -0.25) is 4.79 Å². The Morgan fingerprint density at radius 2 is 1.86 bits per heavy atom.